The first-order valence-electron chi connectivity index (χ1n) is 10.7. The molecule has 186 valence electrons. The molecule has 11 heteroatoms. The average molecular weight is 498 g/mol. The molecule has 0 aliphatic carbocycles. The van der Waals surface area contributed by atoms with Gasteiger partial charge in [0.25, 0.3) is 11.8 Å². The van der Waals surface area contributed by atoms with E-state index in [1.165, 1.54) is 31.4 Å². The standard InChI is InChI=1S/C25H21F3N4O4/c1-30-24(34)21-11-19(6-7-31-21)36-18-4-5-22-15(9-18)8-16(13-35-22)23(33)32-17-3-2-14(12-29)20(10-17)25(26,27)28/h2-11H,12-13,29H2,1H3,(H,30,34)(H,32,33). The monoisotopic (exact) mass is 498 g/mol. The number of anilines is 1. The van der Waals surface area contributed by atoms with Crippen LogP contribution < -0.4 is 25.8 Å². The first-order valence-corrected chi connectivity index (χ1v) is 10.7. The number of fused-ring (bicyclic) bond motifs is 1. The fourth-order valence-electron chi connectivity index (χ4n) is 3.52. The summed E-state index contributed by atoms with van der Waals surface area (Å²) in [5, 5.41) is 4.96. The van der Waals surface area contributed by atoms with Crippen molar-refractivity contribution >= 4 is 23.6 Å². The summed E-state index contributed by atoms with van der Waals surface area (Å²) in [6, 6.07) is 11.5. The highest BCUT2D eigenvalue weighted by molar-refractivity contribution is 6.07. The van der Waals surface area contributed by atoms with Crippen molar-refractivity contribution in [1.29, 1.82) is 0 Å². The molecule has 0 saturated heterocycles. The van der Waals surface area contributed by atoms with Crippen molar-refractivity contribution in [3.8, 4) is 17.2 Å². The number of ether oxygens (including phenoxy) is 2. The van der Waals surface area contributed by atoms with Gasteiger partial charge in [0.05, 0.1) is 11.1 Å². The predicted molar refractivity (Wildman–Crippen MR) is 126 cm³/mol. The van der Waals surface area contributed by atoms with Gasteiger partial charge in [-0.3, -0.25) is 14.6 Å². The minimum atomic E-state index is -4.60. The van der Waals surface area contributed by atoms with E-state index in [2.05, 4.69) is 15.6 Å². The maximum absolute atomic E-state index is 13.3. The number of amides is 2. The molecule has 2 amide bonds. The SMILES string of the molecule is CNC(=O)c1cc(Oc2ccc3c(c2)C=C(C(=O)Nc2ccc(CN)c(C(F)(F)F)c2)CO3)ccn1. The molecule has 2 aromatic carbocycles. The highest BCUT2D eigenvalue weighted by atomic mass is 19.4. The van der Waals surface area contributed by atoms with Crippen LogP contribution in [0.4, 0.5) is 18.9 Å². The molecule has 4 rings (SSSR count). The van der Waals surface area contributed by atoms with Crippen molar-refractivity contribution in [2.24, 2.45) is 5.73 Å². The van der Waals surface area contributed by atoms with Crippen LogP contribution >= 0.6 is 0 Å². The topological polar surface area (TPSA) is 116 Å². The van der Waals surface area contributed by atoms with Crippen molar-refractivity contribution in [3.63, 3.8) is 0 Å². The van der Waals surface area contributed by atoms with E-state index < -0.39 is 17.6 Å². The molecule has 0 saturated carbocycles. The molecule has 1 aliphatic heterocycles. The Kier molecular flexibility index (Phi) is 6.93. The Morgan fingerprint density at radius 2 is 1.86 bits per heavy atom. The number of alkyl halides is 3. The summed E-state index contributed by atoms with van der Waals surface area (Å²) < 4.78 is 51.4. The molecule has 0 fully saturated rings. The van der Waals surface area contributed by atoms with E-state index in [0.717, 1.165) is 6.07 Å². The molecule has 0 atom stereocenters. The third-order valence-electron chi connectivity index (χ3n) is 5.31. The number of benzene rings is 2. The zero-order valence-corrected chi connectivity index (χ0v) is 19.0. The van der Waals surface area contributed by atoms with E-state index in [4.69, 9.17) is 15.2 Å². The highest BCUT2D eigenvalue weighted by Gasteiger charge is 2.33. The molecule has 0 radical (unpaired) electrons. The number of hydrogen-bond acceptors (Lipinski definition) is 6. The molecule has 8 nitrogen and oxygen atoms in total. The van der Waals surface area contributed by atoms with Gasteiger partial charge in [-0.1, -0.05) is 6.07 Å². The molecular formula is C25H21F3N4O4. The van der Waals surface area contributed by atoms with Crippen molar-refractivity contribution in [2.45, 2.75) is 12.7 Å². The summed E-state index contributed by atoms with van der Waals surface area (Å²) >= 11 is 0. The molecule has 0 spiro atoms. The number of carbonyl (C=O) groups excluding carboxylic acids is 2. The normalized spacial score (nSPS) is 12.6. The van der Waals surface area contributed by atoms with Crippen LogP contribution in [0, 0.1) is 0 Å². The second-order valence-electron chi connectivity index (χ2n) is 7.74. The second kappa shape index (κ2) is 10.1. The van der Waals surface area contributed by atoms with Crippen molar-refractivity contribution < 1.29 is 32.2 Å². The van der Waals surface area contributed by atoms with Crippen LogP contribution in [0.2, 0.25) is 0 Å². The zero-order valence-electron chi connectivity index (χ0n) is 19.0. The predicted octanol–water partition coefficient (Wildman–Crippen LogP) is 4.13. The third-order valence-corrected chi connectivity index (χ3v) is 5.31. The quantitative estimate of drug-likeness (QED) is 0.471. The Hall–Kier alpha value is -4.38. The van der Waals surface area contributed by atoms with Gasteiger partial charge < -0.3 is 25.8 Å². The Morgan fingerprint density at radius 3 is 2.58 bits per heavy atom. The van der Waals surface area contributed by atoms with Crippen molar-refractivity contribution in [3.05, 3.63) is 82.7 Å². The van der Waals surface area contributed by atoms with Gasteiger partial charge in [-0.25, -0.2) is 0 Å². The Labute approximate surface area is 203 Å². The van der Waals surface area contributed by atoms with Crippen LogP contribution in [0.15, 0.2) is 60.3 Å². The molecule has 1 aliphatic rings. The van der Waals surface area contributed by atoms with Gasteiger partial charge in [-0.15, -0.1) is 0 Å². The number of carbonyl (C=O) groups is 2. The van der Waals surface area contributed by atoms with Gasteiger partial charge in [0.1, 0.15) is 29.5 Å². The molecule has 36 heavy (non-hydrogen) atoms. The summed E-state index contributed by atoms with van der Waals surface area (Å²) in [7, 11) is 1.49. The summed E-state index contributed by atoms with van der Waals surface area (Å²) in [5.41, 5.74) is 5.35. The van der Waals surface area contributed by atoms with E-state index in [1.54, 1.807) is 30.3 Å². The largest absolute Gasteiger partial charge is 0.488 e. The zero-order chi connectivity index (χ0) is 25.9. The fourth-order valence-corrected chi connectivity index (χ4v) is 3.52. The van der Waals surface area contributed by atoms with E-state index in [9.17, 15) is 22.8 Å². The van der Waals surface area contributed by atoms with Gasteiger partial charge in [0.2, 0.25) is 0 Å². The molecule has 3 aromatic rings. The van der Waals surface area contributed by atoms with E-state index in [0.29, 0.717) is 22.8 Å². The maximum atomic E-state index is 13.3. The summed E-state index contributed by atoms with van der Waals surface area (Å²) in [6.07, 6.45) is -1.59. The van der Waals surface area contributed by atoms with Crippen LogP contribution in [0.25, 0.3) is 6.08 Å². The van der Waals surface area contributed by atoms with Gasteiger partial charge in [0, 0.05) is 37.1 Å². The van der Waals surface area contributed by atoms with Gasteiger partial charge in [0.15, 0.2) is 0 Å². The fraction of sp³-hybridized carbons (Fsp3) is 0.160. The number of nitrogens with one attached hydrogen (secondary N) is 2. The molecule has 2 heterocycles. The number of rotatable bonds is 6. The Bertz CT molecular complexity index is 1360. The lowest BCUT2D eigenvalue weighted by Crippen LogP contribution is -2.22. The number of nitrogens with two attached hydrogens (primary N) is 1. The highest BCUT2D eigenvalue weighted by Crippen LogP contribution is 2.35. The molecule has 1 aromatic heterocycles. The number of aromatic nitrogens is 1. The maximum Gasteiger partial charge on any atom is 0.416 e. The third kappa shape index (κ3) is 5.47. The first kappa shape index (κ1) is 24.7. The lowest BCUT2D eigenvalue weighted by Gasteiger charge is -2.19. The first-order chi connectivity index (χ1) is 17.2. The van der Waals surface area contributed by atoms with Gasteiger partial charge >= 0.3 is 6.18 Å². The average Bonchev–Trinajstić information content (AvgIpc) is 2.87. The number of pyridine rings is 1. The summed E-state index contributed by atoms with van der Waals surface area (Å²) in [5.74, 6) is 0.328. The van der Waals surface area contributed by atoms with Crippen LogP contribution in [-0.2, 0) is 17.5 Å². The van der Waals surface area contributed by atoms with Crippen LogP contribution in [0.1, 0.15) is 27.2 Å². The van der Waals surface area contributed by atoms with Crippen LogP contribution in [0.5, 0.6) is 17.2 Å². The molecule has 0 unspecified atom stereocenters. The number of hydrogen-bond donors (Lipinski definition) is 3. The smallest absolute Gasteiger partial charge is 0.416 e. The van der Waals surface area contributed by atoms with E-state index >= 15 is 0 Å². The minimum Gasteiger partial charge on any atom is -0.488 e. The van der Waals surface area contributed by atoms with Gasteiger partial charge in [-0.05, 0) is 48.0 Å². The summed E-state index contributed by atoms with van der Waals surface area (Å²) in [4.78, 5) is 28.5. The molecular weight excluding hydrogens is 477 g/mol. The van der Waals surface area contributed by atoms with Crippen molar-refractivity contribution in [1.82, 2.24) is 10.3 Å². The lowest BCUT2D eigenvalue weighted by molar-refractivity contribution is -0.138. The van der Waals surface area contributed by atoms with E-state index in [-0.39, 0.29) is 41.6 Å². The second-order valence-corrected chi connectivity index (χ2v) is 7.74. The van der Waals surface area contributed by atoms with Gasteiger partial charge in [-0.2, -0.15) is 13.2 Å². The number of nitrogens with zero attached hydrogens (tertiary/aromatic N) is 1. The van der Waals surface area contributed by atoms with Crippen molar-refractivity contribution in [2.75, 3.05) is 19.0 Å². The summed E-state index contributed by atoms with van der Waals surface area (Å²) in [6.45, 7) is -0.345. The Morgan fingerprint density at radius 1 is 1.08 bits per heavy atom. The lowest BCUT2D eigenvalue weighted by atomic mass is 10.0. The molecule has 4 N–H and O–H groups in total. The number of halogens is 3. The van der Waals surface area contributed by atoms with Crippen LogP contribution in [-0.4, -0.2) is 30.5 Å². The molecule has 0 bridgehead atoms. The van der Waals surface area contributed by atoms with Crippen LogP contribution in [0.3, 0.4) is 0 Å². The van der Waals surface area contributed by atoms with E-state index in [1.807, 2.05) is 0 Å². The minimum absolute atomic E-state index is 0.0158. The Balaban J connectivity index is 1.53.